The molecule has 0 aromatic heterocycles. The molecule has 4 saturated carbocycles. The molecule has 6 aromatic carbocycles. The first-order valence-corrected chi connectivity index (χ1v) is 41.4. The minimum absolute atomic E-state index is 0.00658. The van der Waals surface area contributed by atoms with Gasteiger partial charge in [-0.05, 0) is 230 Å². The Morgan fingerprint density at radius 3 is 1.22 bits per heavy atom. The minimum Gasteiger partial charge on any atom is -0.492 e. The lowest BCUT2D eigenvalue weighted by Gasteiger charge is -2.51. The number of halogens is 3. The average molecular weight is 1480 g/mol. The van der Waals surface area contributed by atoms with E-state index in [4.69, 9.17) is 44.3 Å². The number of nitrogens with zero attached hydrogens (tertiary/aromatic N) is 3. The van der Waals surface area contributed by atoms with Crippen LogP contribution in [0.2, 0.25) is 15.1 Å². The van der Waals surface area contributed by atoms with Crippen LogP contribution in [0.3, 0.4) is 0 Å². The van der Waals surface area contributed by atoms with E-state index in [9.17, 15) is 0 Å². The van der Waals surface area contributed by atoms with Gasteiger partial charge in [0.25, 0.3) is 0 Å². The van der Waals surface area contributed by atoms with E-state index in [-0.39, 0.29) is 71.0 Å². The second-order valence-corrected chi connectivity index (χ2v) is 42.4. The second-order valence-electron chi connectivity index (χ2n) is 41.2. The Balaban J connectivity index is 0.000000166. The first-order valence-electron chi connectivity index (χ1n) is 40.3. The molecule has 0 amide bonds. The third kappa shape index (κ3) is 13.4. The second kappa shape index (κ2) is 26.9. The summed E-state index contributed by atoms with van der Waals surface area (Å²) < 4.78 is 13.2. The van der Waals surface area contributed by atoms with Gasteiger partial charge < -0.3 is 29.5 Å². The van der Waals surface area contributed by atoms with E-state index in [0.717, 1.165) is 76.8 Å². The largest absolute Gasteiger partial charge is 0.492 e. The number of ether oxygens (including phenoxy) is 2. The van der Waals surface area contributed by atoms with Gasteiger partial charge in [0.2, 0.25) is 0 Å². The quantitative estimate of drug-likeness (QED) is 0.172. The first-order chi connectivity index (χ1) is 48.5. The van der Waals surface area contributed by atoms with Crippen LogP contribution in [0.5, 0.6) is 0 Å². The van der Waals surface area contributed by atoms with Crippen molar-refractivity contribution in [2.75, 3.05) is 20.0 Å². The van der Waals surface area contributed by atoms with Crippen LogP contribution in [0.4, 0.5) is 39.8 Å². The lowest BCUT2D eigenvalue weighted by atomic mass is 9.59. The maximum absolute atomic E-state index is 8.08. The fourth-order valence-corrected chi connectivity index (χ4v) is 20.7. The molecule has 8 aliphatic rings. The van der Waals surface area contributed by atoms with Crippen molar-refractivity contribution in [1.82, 2.24) is 0 Å². The molecular weight excluding hydrogens is 1350 g/mol. The lowest BCUT2D eigenvalue weighted by Crippen LogP contribution is -2.55. The summed E-state index contributed by atoms with van der Waals surface area (Å²) in [6.07, 6.45) is 23.2. The predicted octanol–water partition coefficient (Wildman–Crippen LogP) is 29.3. The Labute approximate surface area is 651 Å². The highest BCUT2D eigenvalue weighted by Gasteiger charge is 2.62. The van der Waals surface area contributed by atoms with E-state index in [2.05, 4.69) is 309 Å². The molecule has 0 spiro atoms. The zero-order chi connectivity index (χ0) is 76.9. The standard InChI is InChI=1S/C48H65ClN2O.C30H39Cl2NO.C18H27N/c1-42(2,3)32-21-23-34(24-22-32)50(39-31-52-48(13)28-17-15-25-45(39,48)10)37-29-33(43(4,5)6)30-38(41(37)49)51-36-20-18-19-35(44(7,8)9)40(36)46(11)26-14-16-27-47(46,51)12;1-27(2,3)20-11-13-22(14-12-20)33(24-18-21(28(4,5)6)17-23(31)26(24)32)25-19-34-30(8)16-10-9-15-29(25,30)7;1-16(2,3)13-9-8-10-14-15(13)17(4)11-6-7-12-18(17,5)19-14/h18-24,29-31H,14-17,25-28H2,1-13H3;11-14,17-19H,9-10,15-16H2,1-8H3;8-10,19H,6-7,11-12H2,1-5H3. The number of hydrogen-bond acceptors (Lipinski definition) is 6. The van der Waals surface area contributed by atoms with Gasteiger partial charge in [-0.1, -0.05) is 274 Å². The van der Waals surface area contributed by atoms with Crippen molar-refractivity contribution >= 4 is 74.6 Å². The first kappa shape index (κ1) is 79.0. The predicted molar refractivity (Wildman–Crippen MR) is 453 cm³/mol. The molecule has 9 heteroatoms. The number of fused-ring (bicyclic) bond motifs is 8. The van der Waals surface area contributed by atoms with Gasteiger partial charge in [0.15, 0.2) is 0 Å². The van der Waals surface area contributed by atoms with Crippen molar-refractivity contribution in [2.45, 2.75) is 348 Å². The number of benzene rings is 6. The number of hydrogen-bond donors (Lipinski definition) is 1. The average Bonchev–Trinajstić information content (AvgIpc) is 1.54. The van der Waals surface area contributed by atoms with E-state index in [0.29, 0.717) is 15.5 Å². The van der Waals surface area contributed by atoms with Crippen LogP contribution in [-0.2, 0) is 52.8 Å². The smallest absolute Gasteiger partial charge is 0.116 e. The molecule has 4 aliphatic heterocycles. The van der Waals surface area contributed by atoms with E-state index >= 15 is 0 Å². The molecule has 0 radical (unpaired) electrons. The Morgan fingerprint density at radius 1 is 0.371 bits per heavy atom. The number of anilines is 7. The molecule has 105 heavy (non-hydrogen) atoms. The highest BCUT2D eigenvalue weighted by molar-refractivity contribution is 6.44. The third-order valence-electron chi connectivity index (χ3n) is 28.0. The fraction of sp³-hybridized carbons (Fsp3) is 0.583. The van der Waals surface area contributed by atoms with Crippen molar-refractivity contribution in [3.05, 3.63) is 193 Å². The van der Waals surface area contributed by atoms with Crippen molar-refractivity contribution in [2.24, 2.45) is 10.8 Å². The van der Waals surface area contributed by atoms with E-state index in [1.54, 1.807) is 5.56 Å². The molecule has 0 bridgehead atoms. The molecule has 1 N–H and O–H groups in total. The van der Waals surface area contributed by atoms with Gasteiger partial charge in [-0.15, -0.1) is 0 Å². The Kier molecular flexibility index (Phi) is 20.3. The SMILES string of the molecule is CC(C)(C)c1ccc(N(C2=COC3(C)CCCCC23C)c2cc(C(C)(C)C)cc(Cl)c2Cl)cc1.CC(C)(C)c1ccc(N(C2=COC3(C)CCCCC23C)c2cc(C(C)(C)C)cc(N3c4cccc(C(C)(C)C)c4C4(C)CCCCC34C)c2Cl)cc1.CC(C)(C)c1cccc2c1C1(C)CCCCC1(C)N2. The fourth-order valence-electron chi connectivity index (χ4n) is 20.1. The zero-order valence-corrected chi connectivity index (χ0v) is 71.9. The van der Waals surface area contributed by atoms with Crippen LogP contribution in [0.25, 0.3) is 0 Å². The molecular formula is C96H131Cl3N4O2. The zero-order valence-electron chi connectivity index (χ0n) is 69.7. The summed E-state index contributed by atoms with van der Waals surface area (Å²) in [5.74, 6) is 0. The molecule has 14 rings (SSSR count). The van der Waals surface area contributed by atoms with E-state index in [1.165, 1.54) is 121 Å². The monoisotopic (exact) mass is 1480 g/mol. The highest BCUT2D eigenvalue weighted by atomic mass is 35.5. The molecule has 0 saturated heterocycles. The summed E-state index contributed by atoms with van der Waals surface area (Å²) in [5, 5.41) is 5.83. The Hall–Kier alpha value is -5.53. The molecule has 4 fully saturated rings. The van der Waals surface area contributed by atoms with Crippen molar-refractivity contribution < 1.29 is 9.47 Å². The maximum atomic E-state index is 8.08. The van der Waals surface area contributed by atoms with Crippen molar-refractivity contribution in [3.63, 3.8) is 0 Å². The molecule has 6 nitrogen and oxygen atoms in total. The van der Waals surface area contributed by atoms with Crippen LogP contribution in [-0.4, -0.2) is 22.3 Å². The summed E-state index contributed by atoms with van der Waals surface area (Å²) in [7, 11) is 0. The Morgan fingerprint density at radius 2 is 0.762 bits per heavy atom. The maximum Gasteiger partial charge on any atom is 0.116 e. The van der Waals surface area contributed by atoms with Crippen LogP contribution in [0.15, 0.2) is 133 Å². The van der Waals surface area contributed by atoms with Crippen LogP contribution >= 0.6 is 34.8 Å². The van der Waals surface area contributed by atoms with E-state index < -0.39 is 0 Å². The van der Waals surface area contributed by atoms with E-state index in [1.807, 2.05) is 12.3 Å². The van der Waals surface area contributed by atoms with Gasteiger partial charge in [0, 0.05) is 39.1 Å². The van der Waals surface area contributed by atoms with Crippen molar-refractivity contribution in [1.29, 1.82) is 0 Å². The topological polar surface area (TPSA) is 40.2 Å². The molecule has 6 aromatic rings. The van der Waals surface area contributed by atoms with Crippen LogP contribution < -0.4 is 20.0 Å². The normalized spacial score (nSPS) is 28.4. The van der Waals surface area contributed by atoms with Gasteiger partial charge in [0.1, 0.15) is 23.7 Å². The summed E-state index contributed by atoms with van der Waals surface area (Å²) in [5.41, 5.74) is 21.4. The number of nitrogens with one attached hydrogen (secondary N) is 1. The van der Waals surface area contributed by atoms with Crippen LogP contribution in [0, 0.1) is 10.8 Å². The third-order valence-corrected chi connectivity index (χ3v) is 29.2. The molecule has 8 unspecified atom stereocenters. The van der Waals surface area contributed by atoms with Crippen molar-refractivity contribution in [3.8, 4) is 0 Å². The highest BCUT2D eigenvalue weighted by Crippen LogP contribution is 2.67. The minimum atomic E-state index is -0.254. The van der Waals surface area contributed by atoms with Gasteiger partial charge in [0.05, 0.1) is 59.9 Å². The summed E-state index contributed by atoms with van der Waals surface area (Å²) in [6, 6.07) is 41.0. The summed E-state index contributed by atoms with van der Waals surface area (Å²) >= 11 is 21.8. The lowest BCUT2D eigenvalue weighted by molar-refractivity contribution is -0.0519. The number of rotatable bonds is 7. The summed E-state index contributed by atoms with van der Waals surface area (Å²) in [4.78, 5) is 7.48. The van der Waals surface area contributed by atoms with Gasteiger partial charge in [-0.25, -0.2) is 0 Å². The van der Waals surface area contributed by atoms with Crippen LogP contribution in [0.1, 0.15) is 327 Å². The molecule has 4 aliphatic carbocycles. The summed E-state index contributed by atoms with van der Waals surface area (Å²) in [6.45, 7) is 60.7. The Bertz CT molecular complexity index is 4330. The van der Waals surface area contributed by atoms with Gasteiger partial charge in [-0.3, -0.25) is 0 Å². The molecule has 4 heterocycles. The van der Waals surface area contributed by atoms with Gasteiger partial charge >= 0.3 is 0 Å². The van der Waals surface area contributed by atoms with Gasteiger partial charge in [-0.2, -0.15) is 0 Å². The molecule has 568 valence electrons. The molecule has 8 atom stereocenters.